The number of rotatable bonds is 8. The summed E-state index contributed by atoms with van der Waals surface area (Å²) in [4.78, 5) is 28.6. The van der Waals surface area contributed by atoms with Gasteiger partial charge in [-0.05, 0) is 60.4 Å². The molecule has 0 spiro atoms. The third-order valence-electron chi connectivity index (χ3n) is 6.29. The largest absolute Gasteiger partial charge is 0.493 e. The summed E-state index contributed by atoms with van der Waals surface area (Å²) in [6.07, 6.45) is 2.40. The molecule has 0 bridgehead atoms. The molecule has 4 aromatic rings. The topological polar surface area (TPSA) is 82.1 Å². The lowest BCUT2D eigenvalue weighted by molar-refractivity contribution is 0.0701. The van der Waals surface area contributed by atoms with Gasteiger partial charge in [0.15, 0.2) is 16.9 Å². The van der Waals surface area contributed by atoms with E-state index in [0.29, 0.717) is 35.3 Å². The molecule has 0 saturated heterocycles. The summed E-state index contributed by atoms with van der Waals surface area (Å²) in [7, 11) is 1.54. The number of halogens is 1. The van der Waals surface area contributed by atoms with Crippen LogP contribution in [0.3, 0.4) is 0 Å². The number of hydrogen-bond acceptors (Lipinski definition) is 6. The maximum atomic E-state index is 14.0. The van der Waals surface area contributed by atoms with Crippen molar-refractivity contribution in [3.8, 4) is 11.5 Å². The normalized spacial score (nSPS) is 15.1. The molecule has 1 aliphatic rings. The van der Waals surface area contributed by atoms with Crippen molar-refractivity contribution in [1.82, 2.24) is 4.90 Å². The van der Waals surface area contributed by atoms with Gasteiger partial charge in [-0.15, -0.1) is 0 Å². The number of methoxy groups -OCH3 is 1. The third kappa shape index (κ3) is 4.23. The predicted molar refractivity (Wildman–Crippen MR) is 131 cm³/mol. The average Bonchev–Trinajstić information content (AvgIpc) is 3.47. The van der Waals surface area contributed by atoms with Crippen LogP contribution < -0.4 is 14.9 Å². The molecule has 3 heterocycles. The molecule has 1 amide bonds. The second-order valence-corrected chi connectivity index (χ2v) is 9.17. The summed E-state index contributed by atoms with van der Waals surface area (Å²) in [6.45, 7) is 4.88. The Morgan fingerprint density at radius 1 is 1.08 bits per heavy atom. The van der Waals surface area contributed by atoms with Gasteiger partial charge in [0.2, 0.25) is 5.76 Å². The average molecular weight is 492 g/mol. The van der Waals surface area contributed by atoms with Crippen LogP contribution in [0.25, 0.3) is 11.0 Å². The van der Waals surface area contributed by atoms with Crippen LogP contribution in [0.15, 0.2) is 68.4 Å². The summed E-state index contributed by atoms with van der Waals surface area (Å²) >= 11 is 0. The summed E-state index contributed by atoms with van der Waals surface area (Å²) < 4.78 is 36.8. The molecule has 36 heavy (non-hydrogen) atoms. The highest BCUT2D eigenvalue weighted by Gasteiger charge is 2.43. The zero-order valence-electron chi connectivity index (χ0n) is 20.2. The molecule has 0 radical (unpaired) electrons. The molecule has 0 saturated carbocycles. The van der Waals surface area contributed by atoms with E-state index in [0.717, 1.165) is 12.5 Å². The van der Waals surface area contributed by atoms with Crippen molar-refractivity contribution < 1.29 is 27.5 Å². The van der Waals surface area contributed by atoms with Crippen molar-refractivity contribution in [2.24, 2.45) is 5.92 Å². The van der Waals surface area contributed by atoms with Crippen molar-refractivity contribution in [3.63, 3.8) is 0 Å². The molecular formula is C28H26FNO6. The Bertz CT molecular complexity index is 1470. The van der Waals surface area contributed by atoms with Gasteiger partial charge in [0.1, 0.15) is 17.2 Å². The number of hydrogen-bond donors (Lipinski definition) is 0. The lowest BCUT2D eigenvalue weighted by Crippen LogP contribution is -2.29. The highest BCUT2D eigenvalue weighted by Crippen LogP contribution is 2.41. The highest BCUT2D eigenvalue weighted by molar-refractivity contribution is 5.99. The first-order valence-corrected chi connectivity index (χ1v) is 11.8. The van der Waals surface area contributed by atoms with Gasteiger partial charge >= 0.3 is 0 Å². The number of benzene rings is 2. The maximum absolute atomic E-state index is 14.0. The van der Waals surface area contributed by atoms with E-state index in [1.54, 1.807) is 30.3 Å². The first-order chi connectivity index (χ1) is 17.4. The van der Waals surface area contributed by atoms with E-state index in [2.05, 4.69) is 13.8 Å². The fourth-order valence-corrected chi connectivity index (χ4v) is 4.45. The molecule has 7 nitrogen and oxygen atoms in total. The van der Waals surface area contributed by atoms with Crippen LogP contribution >= 0.6 is 0 Å². The summed E-state index contributed by atoms with van der Waals surface area (Å²) in [5.41, 5.74) is 0.478. The van der Waals surface area contributed by atoms with Crippen LogP contribution in [-0.2, 0) is 6.54 Å². The van der Waals surface area contributed by atoms with Crippen LogP contribution in [0.5, 0.6) is 11.5 Å². The molecule has 186 valence electrons. The molecule has 2 aromatic carbocycles. The Balaban J connectivity index is 1.63. The minimum absolute atomic E-state index is 0.0631. The number of carbonyl (C=O) groups excluding carboxylic acids is 1. The first-order valence-electron chi connectivity index (χ1n) is 11.8. The second kappa shape index (κ2) is 9.53. The van der Waals surface area contributed by atoms with E-state index in [-0.39, 0.29) is 28.8 Å². The van der Waals surface area contributed by atoms with Crippen molar-refractivity contribution >= 4 is 16.9 Å². The van der Waals surface area contributed by atoms with Crippen molar-refractivity contribution in [2.45, 2.75) is 32.9 Å². The fourth-order valence-electron chi connectivity index (χ4n) is 4.45. The van der Waals surface area contributed by atoms with Crippen LogP contribution in [-0.4, -0.2) is 24.5 Å². The second-order valence-electron chi connectivity index (χ2n) is 9.17. The molecule has 0 fully saturated rings. The zero-order chi connectivity index (χ0) is 25.4. The van der Waals surface area contributed by atoms with Crippen molar-refractivity contribution in [1.29, 1.82) is 0 Å². The smallest absolute Gasteiger partial charge is 0.291 e. The van der Waals surface area contributed by atoms with E-state index >= 15 is 0 Å². The Kier molecular flexibility index (Phi) is 6.26. The molecule has 5 rings (SSSR count). The van der Waals surface area contributed by atoms with Gasteiger partial charge in [-0.1, -0.05) is 19.9 Å². The SMILES string of the molecule is COc1cc(C2c3c(oc4ccc(F)cc4c3=O)C(=O)N2Cc2ccco2)ccc1OCCC(C)C. The number of fused-ring (bicyclic) bond motifs is 2. The van der Waals surface area contributed by atoms with Gasteiger partial charge in [0.05, 0.1) is 43.5 Å². The van der Waals surface area contributed by atoms with Gasteiger partial charge in [-0.2, -0.15) is 0 Å². The number of amides is 1. The number of nitrogens with zero attached hydrogens (tertiary/aromatic N) is 1. The van der Waals surface area contributed by atoms with Crippen molar-refractivity contribution in [2.75, 3.05) is 13.7 Å². The van der Waals surface area contributed by atoms with E-state index in [1.165, 1.54) is 30.4 Å². The molecule has 1 atom stereocenters. The van der Waals surface area contributed by atoms with E-state index in [1.807, 2.05) is 0 Å². The van der Waals surface area contributed by atoms with Gasteiger partial charge in [0.25, 0.3) is 5.91 Å². The van der Waals surface area contributed by atoms with E-state index < -0.39 is 23.2 Å². The number of ether oxygens (including phenoxy) is 2. The Morgan fingerprint density at radius 3 is 2.64 bits per heavy atom. The number of furan rings is 1. The summed E-state index contributed by atoms with van der Waals surface area (Å²) in [6, 6.07) is 11.7. The summed E-state index contributed by atoms with van der Waals surface area (Å²) in [5.74, 6) is 1.00. The fraction of sp³-hybridized carbons (Fsp3) is 0.286. The Morgan fingerprint density at radius 2 is 1.92 bits per heavy atom. The molecule has 0 N–H and O–H groups in total. The highest BCUT2D eigenvalue weighted by atomic mass is 19.1. The van der Waals surface area contributed by atoms with Crippen LogP contribution in [0.4, 0.5) is 4.39 Å². The Labute approximate surface area is 207 Å². The lowest BCUT2D eigenvalue weighted by Gasteiger charge is -2.25. The predicted octanol–water partition coefficient (Wildman–Crippen LogP) is 5.70. The number of carbonyl (C=O) groups is 1. The minimum Gasteiger partial charge on any atom is -0.493 e. The van der Waals surface area contributed by atoms with Gasteiger partial charge in [-0.25, -0.2) is 4.39 Å². The molecule has 2 aromatic heterocycles. The Hall–Kier alpha value is -4.07. The molecule has 1 aliphatic heterocycles. The van der Waals surface area contributed by atoms with E-state index in [4.69, 9.17) is 18.3 Å². The van der Waals surface area contributed by atoms with Crippen LogP contribution in [0.1, 0.15) is 53.8 Å². The monoisotopic (exact) mass is 491 g/mol. The van der Waals surface area contributed by atoms with Crippen LogP contribution in [0.2, 0.25) is 0 Å². The molecule has 1 unspecified atom stereocenters. The van der Waals surface area contributed by atoms with Crippen LogP contribution in [0, 0.1) is 11.7 Å². The molecule has 0 aliphatic carbocycles. The van der Waals surface area contributed by atoms with Crippen molar-refractivity contribution in [3.05, 3.63) is 93.5 Å². The standard InChI is InChI=1S/C28H26FNO6/c1-16(2)10-12-35-22-8-6-17(13-23(22)33-3)25-24-26(31)20-14-18(29)7-9-21(20)36-27(24)28(32)30(25)15-19-5-4-11-34-19/h4-9,11,13-14,16,25H,10,12,15H2,1-3H3. The lowest BCUT2D eigenvalue weighted by atomic mass is 9.98. The van der Waals surface area contributed by atoms with Gasteiger partial charge < -0.3 is 23.2 Å². The molecular weight excluding hydrogens is 465 g/mol. The zero-order valence-corrected chi connectivity index (χ0v) is 20.2. The van der Waals surface area contributed by atoms with E-state index in [9.17, 15) is 14.0 Å². The third-order valence-corrected chi connectivity index (χ3v) is 6.29. The molecule has 8 heteroatoms. The minimum atomic E-state index is -0.792. The first kappa shape index (κ1) is 23.7. The quantitative estimate of drug-likeness (QED) is 0.314. The van der Waals surface area contributed by atoms with Gasteiger partial charge in [-0.3, -0.25) is 9.59 Å². The maximum Gasteiger partial charge on any atom is 0.291 e. The van der Waals surface area contributed by atoms with Gasteiger partial charge in [0, 0.05) is 0 Å². The summed E-state index contributed by atoms with van der Waals surface area (Å²) in [5, 5.41) is 0.0759.